The van der Waals surface area contributed by atoms with Gasteiger partial charge < -0.3 is 9.72 Å². The Labute approximate surface area is 162 Å². The van der Waals surface area contributed by atoms with Crippen molar-refractivity contribution in [3.63, 3.8) is 0 Å². The summed E-state index contributed by atoms with van der Waals surface area (Å²) in [4.78, 5) is 28.5. The summed E-state index contributed by atoms with van der Waals surface area (Å²) >= 11 is 0. The van der Waals surface area contributed by atoms with Gasteiger partial charge in [-0.05, 0) is 25.0 Å². The molecule has 0 bridgehead atoms. The van der Waals surface area contributed by atoms with E-state index in [9.17, 15) is 9.59 Å². The highest BCUT2D eigenvalue weighted by Crippen LogP contribution is 2.40. The lowest BCUT2D eigenvalue weighted by Crippen LogP contribution is -2.37. The van der Waals surface area contributed by atoms with Crippen LogP contribution in [0.25, 0.3) is 11.3 Å². The van der Waals surface area contributed by atoms with Crippen molar-refractivity contribution in [2.24, 2.45) is 11.0 Å². The Morgan fingerprint density at radius 2 is 1.75 bits per heavy atom. The molecule has 1 aliphatic rings. The molecule has 0 radical (unpaired) electrons. The van der Waals surface area contributed by atoms with Gasteiger partial charge >= 0.3 is 11.7 Å². The van der Waals surface area contributed by atoms with Crippen LogP contribution in [0.3, 0.4) is 0 Å². The van der Waals surface area contributed by atoms with E-state index >= 15 is 0 Å². The van der Waals surface area contributed by atoms with Gasteiger partial charge in [-0.3, -0.25) is 4.79 Å². The number of imidazole rings is 1. The number of fused-ring (bicyclic) bond motifs is 1. The Morgan fingerprint density at radius 3 is 2.39 bits per heavy atom. The first-order valence-electron chi connectivity index (χ1n) is 9.29. The van der Waals surface area contributed by atoms with Crippen LogP contribution < -0.4 is 5.69 Å². The molecular weight excluding hydrogens is 354 g/mol. The lowest BCUT2D eigenvalue weighted by atomic mass is 9.79. The summed E-state index contributed by atoms with van der Waals surface area (Å²) in [6.07, 6.45) is 0. The Morgan fingerprint density at radius 1 is 1.11 bits per heavy atom. The summed E-state index contributed by atoms with van der Waals surface area (Å²) in [5.41, 5.74) is 3.37. The van der Waals surface area contributed by atoms with Gasteiger partial charge in [0.15, 0.2) is 0 Å². The molecule has 0 aliphatic carbocycles. The van der Waals surface area contributed by atoms with Gasteiger partial charge in [0, 0.05) is 5.92 Å². The third-order valence-corrected chi connectivity index (χ3v) is 5.01. The minimum Gasteiger partial charge on any atom is -0.465 e. The van der Waals surface area contributed by atoms with Crippen molar-refractivity contribution in [1.29, 1.82) is 0 Å². The highest BCUT2D eigenvalue weighted by molar-refractivity contribution is 6.03. The second-order valence-electron chi connectivity index (χ2n) is 6.73. The van der Waals surface area contributed by atoms with Crippen LogP contribution >= 0.6 is 0 Å². The Hall–Kier alpha value is -3.41. The van der Waals surface area contributed by atoms with Crippen molar-refractivity contribution >= 4 is 11.7 Å². The molecule has 2 aromatic carbocycles. The average Bonchev–Trinajstić information content (AvgIpc) is 3.04. The van der Waals surface area contributed by atoms with Crippen LogP contribution in [0.4, 0.5) is 0 Å². The van der Waals surface area contributed by atoms with Crippen molar-refractivity contribution in [2.75, 3.05) is 6.61 Å². The number of benzene rings is 2. The number of carbonyl (C=O) groups excluding carboxylic acids is 1. The predicted molar refractivity (Wildman–Crippen MR) is 107 cm³/mol. The molecule has 3 aromatic rings. The summed E-state index contributed by atoms with van der Waals surface area (Å²) in [6.45, 7) is 3.84. The molecule has 0 saturated carbocycles. The van der Waals surface area contributed by atoms with Gasteiger partial charge in [-0.1, -0.05) is 60.7 Å². The van der Waals surface area contributed by atoms with E-state index in [0.29, 0.717) is 17.1 Å². The standard InChI is InChI=1S/C22H21N3O3/c1-3-28-21(26)17-14(2)24-25-20(18(17)15-10-6-4-7-11-15)19(23-22(25)27)16-12-8-5-9-13-16/h4-13,17-18H,3H2,1-2H3,(H,23,27). The van der Waals surface area contributed by atoms with Crippen molar-refractivity contribution in [3.8, 4) is 11.3 Å². The number of nitrogens with one attached hydrogen (secondary N) is 1. The van der Waals surface area contributed by atoms with Gasteiger partial charge in [0.05, 0.1) is 23.7 Å². The number of esters is 1. The molecule has 2 unspecified atom stereocenters. The maximum atomic E-state index is 12.9. The molecule has 6 heteroatoms. The predicted octanol–water partition coefficient (Wildman–Crippen LogP) is 3.39. The number of aromatic nitrogens is 2. The molecule has 0 saturated heterocycles. The number of carbonyl (C=O) groups is 1. The number of H-pyrrole nitrogens is 1. The number of ether oxygens (including phenoxy) is 1. The van der Waals surface area contributed by atoms with Gasteiger partial charge in [0.2, 0.25) is 0 Å². The highest BCUT2D eigenvalue weighted by Gasteiger charge is 2.41. The third-order valence-electron chi connectivity index (χ3n) is 5.01. The fourth-order valence-corrected chi connectivity index (χ4v) is 3.82. The molecule has 2 heterocycles. The summed E-state index contributed by atoms with van der Waals surface area (Å²) in [5, 5.41) is 4.44. The molecule has 6 nitrogen and oxygen atoms in total. The first-order chi connectivity index (χ1) is 13.6. The fourth-order valence-electron chi connectivity index (χ4n) is 3.82. The largest absolute Gasteiger partial charge is 0.465 e. The normalized spacial score (nSPS) is 18.3. The molecule has 2 atom stereocenters. The van der Waals surface area contributed by atoms with E-state index in [-0.39, 0.29) is 24.2 Å². The molecule has 1 N–H and O–H groups in total. The second-order valence-corrected chi connectivity index (χ2v) is 6.73. The van der Waals surface area contributed by atoms with Crippen LogP contribution in [0.15, 0.2) is 70.6 Å². The zero-order valence-electron chi connectivity index (χ0n) is 15.8. The SMILES string of the molecule is CCOC(=O)C1C(C)=Nn2c(c(-c3ccccc3)[nH]c2=O)C1c1ccccc1. The second kappa shape index (κ2) is 7.31. The van der Waals surface area contributed by atoms with Crippen molar-refractivity contribution in [2.45, 2.75) is 19.8 Å². The maximum Gasteiger partial charge on any atom is 0.346 e. The summed E-state index contributed by atoms with van der Waals surface area (Å²) < 4.78 is 6.73. The zero-order chi connectivity index (χ0) is 19.7. The number of nitrogens with zero attached hydrogens (tertiary/aromatic N) is 2. The van der Waals surface area contributed by atoms with E-state index in [1.165, 1.54) is 4.68 Å². The Kier molecular flexibility index (Phi) is 4.69. The van der Waals surface area contributed by atoms with Crippen LogP contribution in [0.1, 0.15) is 31.0 Å². The molecule has 142 valence electrons. The van der Waals surface area contributed by atoms with E-state index in [1.807, 2.05) is 60.7 Å². The molecule has 1 aromatic heterocycles. The van der Waals surface area contributed by atoms with E-state index in [4.69, 9.17) is 4.74 Å². The topological polar surface area (TPSA) is 76.4 Å². The number of aromatic amines is 1. The highest BCUT2D eigenvalue weighted by atomic mass is 16.5. The third kappa shape index (κ3) is 2.97. The van der Waals surface area contributed by atoms with Gasteiger partial charge in [-0.25, -0.2) is 4.79 Å². The monoisotopic (exact) mass is 375 g/mol. The van der Waals surface area contributed by atoms with Crippen LogP contribution in [0.2, 0.25) is 0 Å². The zero-order valence-corrected chi connectivity index (χ0v) is 15.8. The van der Waals surface area contributed by atoms with Gasteiger partial charge in [0.1, 0.15) is 5.92 Å². The summed E-state index contributed by atoms with van der Waals surface area (Å²) in [5.74, 6) is -1.32. The Bertz CT molecular complexity index is 1080. The first kappa shape index (κ1) is 18.0. The molecule has 0 spiro atoms. The molecular formula is C22H21N3O3. The summed E-state index contributed by atoms with van der Waals surface area (Å²) in [6, 6.07) is 19.3. The lowest BCUT2D eigenvalue weighted by molar-refractivity contribution is -0.146. The maximum absolute atomic E-state index is 12.9. The van der Waals surface area contributed by atoms with Crippen LogP contribution in [-0.2, 0) is 9.53 Å². The Balaban J connectivity index is 1.99. The van der Waals surface area contributed by atoms with Crippen molar-refractivity contribution in [3.05, 3.63) is 82.4 Å². The fraction of sp³-hybridized carbons (Fsp3) is 0.227. The number of hydrogen-bond donors (Lipinski definition) is 1. The average molecular weight is 375 g/mol. The minimum absolute atomic E-state index is 0.287. The summed E-state index contributed by atoms with van der Waals surface area (Å²) in [7, 11) is 0. The van der Waals surface area contributed by atoms with Gasteiger partial charge in [-0.2, -0.15) is 9.78 Å². The van der Waals surface area contributed by atoms with E-state index in [2.05, 4.69) is 10.1 Å². The smallest absolute Gasteiger partial charge is 0.346 e. The van der Waals surface area contributed by atoms with Gasteiger partial charge in [0.25, 0.3) is 0 Å². The van der Waals surface area contributed by atoms with E-state index < -0.39 is 5.92 Å². The van der Waals surface area contributed by atoms with Crippen LogP contribution in [0, 0.1) is 5.92 Å². The molecule has 0 fully saturated rings. The molecule has 1 aliphatic heterocycles. The molecule has 4 rings (SSSR count). The molecule has 28 heavy (non-hydrogen) atoms. The first-order valence-corrected chi connectivity index (χ1v) is 9.29. The van der Waals surface area contributed by atoms with Crippen molar-refractivity contribution in [1.82, 2.24) is 9.66 Å². The number of hydrogen-bond acceptors (Lipinski definition) is 4. The molecule has 0 amide bonds. The van der Waals surface area contributed by atoms with E-state index in [0.717, 1.165) is 11.1 Å². The van der Waals surface area contributed by atoms with Crippen LogP contribution in [-0.4, -0.2) is 27.9 Å². The van der Waals surface area contributed by atoms with Crippen LogP contribution in [0.5, 0.6) is 0 Å². The minimum atomic E-state index is -0.597. The quantitative estimate of drug-likeness (QED) is 0.710. The number of rotatable bonds is 4. The van der Waals surface area contributed by atoms with E-state index in [1.54, 1.807) is 13.8 Å². The lowest BCUT2D eigenvalue weighted by Gasteiger charge is -2.30. The van der Waals surface area contributed by atoms with Crippen molar-refractivity contribution < 1.29 is 9.53 Å². The van der Waals surface area contributed by atoms with Gasteiger partial charge in [-0.15, -0.1) is 0 Å².